The summed E-state index contributed by atoms with van der Waals surface area (Å²) < 4.78 is 5.24. The van der Waals surface area contributed by atoms with E-state index in [2.05, 4.69) is 10.3 Å². The monoisotopic (exact) mass is 330 g/mol. The number of thioether (sulfide) groups is 1. The number of hydrogen-bond donors (Lipinski definition) is 1. The van der Waals surface area contributed by atoms with Crippen LogP contribution in [0.2, 0.25) is 0 Å². The standard InChI is InChI=1S/C17H18N2O3S/c1-11-6-4-7-13(10-11)19-15(20)12(2)22-17(21)14-8-5-9-18-16(14)23-3/h4-10,12H,1-3H3,(H,19,20)/t12-/m1/s1. The average molecular weight is 330 g/mol. The van der Waals surface area contributed by atoms with Crippen LogP contribution >= 0.6 is 11.8 Å². The molecule has 1 amide bonds. The number of carbonyl (C=O) groups excluding carboxylic acids is 2. The highest BCUT2D eigenvalue weighted by Crippen LogP contribution is 2.18. The fourth-order valence-corrected chi connectivity index (χ4v) is 2.49. The first-order chi connectivity index (χ1) is 11.0. The number of carbonyl (C=O) groups is 2. The first-order valence-electron chi connectivity index (χ1n) is 7.08. The molecule has 0 aliphatic rings. The van der Waals surface area contributed by atoms with E-state index in [-0.39, 0.29) is 5.91 Å². The number of nitrogens with one attached hydrogen (secondary N) is 1. The van der Waals surface area contributed by atoms with Gasteiger partial charge in [0, 0.05) is 11.9 Å². The molecule has 2 aromatic rings. The number of rotatable bonds is 5. The molecule has 0 aliphatic carbocycles. The molecule has 1 atom stereocenters. The summed E-state index contributed by atoms with van der Waals surface area (Å²) in [6.07, 6.45) is 2.53. The van der Waals surface area contributed by atoms with Crippen molar-refractivity contribution in [2.75, 3.05) is 11.6 Å². The summed E-state index contributed by atoms with van der Waals surface area (Å²) in [6.45, 7) is 3.48. The Morgan fingerprint density at radius 2 is 2.04 bits per heavy atom. The predicted molar refractivity (Wildman–Crippen MR) is 90.7 cm³/mol. The van der Waals surface area contributed by atoms with Crippen molar-refractivity contribution in [1.82, 2.24) is 4.98 Å². The topological polar surface area (TPSA) is 68.3 Å². The second-order valence-electron chi connectivity index (χ2n) is 4.97. The zero-order valence-corrected chi connectivity index (χ0v) is 14.0. The maximum absolute atomic E-state index is 12.2. The van der Waals surface area contributed by atoms with Crippen LogP contribution in [0.5, 0.6) is 0 Å². The molecule has 0 aliphatic heterocycles. The third-order valence-electron chi connectivity index (χ3n) is 3.12. The molecule has 1 N–H and O–H groups in total. The Kier molecular flexibility index (Phi) is 5.76. The van der Waals surface area contributed by atoms with Gasteiger partial charge in [-0.2, -0.15) is 0 Å². The molecule has 0 saturated carbocycles. The highest BCUT2D eigenvalue weighted by Gasteiger charge is 2.21. The average Bonchev–Trinajstić information content (AvgIpc) is 2.54. The number of aryl methyl sites for hydroxylation is 1. The van der Waals surface area contributed by atoms with Crippen LogP contribution in [0, 0.1) is 6.92 Å². The third kappa shape index (κ3) is 4.56. The number of benzene rings is 1. The van der Waals surface area contributed by atoms with Gasteiger partial charge in [0.15, 0.2) is 6.10 Å². The minimum absolute atomic E-state index is 0.357. The van der Waals surface area contributed by atoms with Gasteiger partial charge in [0.1, 0.15) is 5.03 Å². The van der Waals surface area contributed by atoms with Crippen LogP contribution in [0.25, 0.3) is 0 Å². The maximum Gasteiger partial charge on any atom is 0.341 e. The summed E-state index contributed by atoms with van der Waals surface area (Å²) >= 11 is 1.35. The van der Waals surface area contributed by atoms with Gasteiger partial charge in [-0.05, 0) is 49.9 Å². The molecule has 23 heavy (non-hydrogen) atoms. The Labute approximate surface area is 139 Å². The Morgan fingerprint density at radius 1 is 1.26 bits per heavy atom. The van der Waals surface area contributed by atoms with Crippen molar-refractivity contribution in [3.63, 3.8) is 0 Å². The summed E-state index contributed by atoms with van der Waals surface area (Å²) in [4.78, 5) is 28.4. The molecular weight excluding hydrogens is 312 g/mol. The smallest absolute Gasteiger partial charge is 0.341 e. The summed E-state index contributed by atoms with van der Waals surface area (Å²) in [7, 11) is 0. The molecule has 1 heterocycles. The van der Waals surface area contributed by atoms with Gasteiger partial charge < -0.3 is 10.1 Å². The molecule has 0 radical (unpaired) electrons. The van der Waals surface area contributed by atoms with Crippen LogP contribution in [0.4, 0.5) is 5.69 Å². The van der Waals surface area contributed by atoms with E-state index < -0.39 is 12.1 Å². The van der Waals surface area contributed by atoms with E-state index in [0.29, 0.717) is 16.3 Å². The Bertz CT molecular complexity index is 718. The lowest BCUT2D eigenvalue weighted by Crippen LogP contribution is -2.30. The quantitative estimate of drug-likeness (QED) is 0.673. The van der Waals surface area contributed by atoms with E-state index in [1.54, 1.807) is 24.4 Å². The Hall–Kier alpha value is -2.34. The van der Waals surface area contributed by atoms with Crippen molar-refractivity contribution >= 4 is 29.3 Å². The van der Waals surface area contributed by atoms with Gasteiger partial charge in [0.25, 0.3) is 5.91 Å². The maximum atomic E-state index is 12.2. The van der Waals surface area contributed by atoms with E-state index in [4.69, 9.17) is 4.74 Å². The summed E-state index contributed by atoms with van der Waals surface area (Å²) in [5.41, 5.74) is 2.06. The van der Waals surface area contributed by atoms with Gasteiger partial charge in [-0.3, -0.25) is 4.79 Å². The molecule has 0 fully saturated rings. The van der Waals surface area contributed by atoms with E-state index >= 15 is 0 Å². The van der Waals surface area contributed by atoms with E-state index in [0.717, 1.165) is 5.56 Å². The lowest BCUT2D eigenvalue weighted by Gasteiger charge is -2.14. The number of hydrogen-bond acceptors (Lipinski definition) is 5. The highest BCUT2D eigenvalue weighted by molar-refractivity contribution is 7.98. The number of anilines is 1. The zero-order chi connectivity index (χ0) is 16.8. The lowest BCUT2D eigenvalue weighted by atomic mass is 10.2. The summed E-state index contributed by atoms with van der Waals surface area (Å²) in [6, 6.07) is 10.7. The zero-order valence-electron chi connectivity index (χ0n) is 13.2. The Balaban J connectivity index is 2.01. The molecule has 5 nitrogen and oxygen atoms in total. The van der Waals surface area contributed by atoms with Gasteiger partial charge >= 0.3 is 5.97 Å². The number of aromatic nitrogens is 1. The first-order valence-corrected chi connectivity index (χ1v) is 8.31. The lowest BCUT2D eigenvalue weighted by molar-refractivity contribution is -0.123. The van der Waals surface area contributed by atoms with Crippen molar-refractivity contribution in [3.8, 4) is 0 Å². The van der Waals surface area contributed by atoms with Crippen LogP contribution in [-0.2, 0) is 9.53 Å². The Morgan fingerprint density at radius 3 is 2.74 bits per heavy atom. The molecule has 6 heteroatoms. The number of esters is 1. The number of pyridine rings is 1. The minimum Gasteiger partial charge on any atom is -0.449 e. The largest absolute Gasteiger partial charge is 0.449 e. The number of ether oxygens (including phenoxy) is 1. The molecule has 0 saturated heterocycles. The molecular formula is C17H18N2O3S. The van der Waals surface area contributed by atoms with Crippen LogP contribution < -0.4 is 5.32 Å². The van der Waals surface area contributed by atoms with Crippen LogP contribution in [0.1, 0.15) is 22.8 Å². The molecule has 1 aromatic heterocycles. The highest BCUT2D eigenvalue weighted by atomic mass is 32.2. The molecule has 0 spiro atoms. The fourth-order valence-electron chi connectivity index (χ4n) is 1.95. The van der Waals surface area contributed by atoms with Gasteiger partial charge in [-0.15, -0.1) is 11.8 Å². The van der Waals surface area contributed by atoms with Crippen LogP contribution in [0.3, 0.4) is 0 Å². The van der Waals surface area contributed by atoms with Crippen molar-refractivity contribution in [2.24, 2.45) is 0 Å². The van der Waals surface area contributed by atoms with E-state index in [1.165, 1.54) is 18.7 Å². The van der Waals surface area contributed by atoms with E-state index in [1.807, 2.05) is 31.4 Å². The van der Waals surface area contributed by atoms with Crippen molar-refractivity contribution in [1.29, 1.82) is 0 Å². The van der Waals surface area contributed by atoms with Gasteiger partial charge in [0.2, 0.25) is 0 Å². The van der Waals surface area contributed by atoms with Crippen LogP contribution in [-0.4, -0.2) is 29.2 Å². The number of amides is 1. The molecule has 1 aromatic carbocycles. The normalized spacial score (nSPS) is 11.6. The molecule has 2 rings (SSSR count). The second-order valence-corrected chi connectivity index (χ2v) is 5.76. The van der Waals surface area contributed by atoms with Gasteiger partial charge in [-0.25, -0.2) is 9.78 Å². The molecule has 120 valence electrons. The summed E-state index contributed by atoms with van der Waals surface area (Å²) in [5, 5.41) is 3.30. The van der Waals surface area contributed by atoms with E-state index in [9.17, 15) is 9.59 Å². The van der Waals surface area contributed by atoms with Crippen LogP contribution in [0.15, 0.2) is 47.6 Å². The molecule has 0 bridgehead atoms. The second kappa shape index (κ2) is 7.78. The van der Waals surface area contributed by atoms with Gasteiger partial charge in [0.05, 0.1) is 5.56 Å². The predicted octanol–water partition coefficient (Wildman–Crippen LogP) is 3.30. The fraction of sp³-hybridized carbons (Fsp3) is 0.235. The molecule has 0 unspecified atom stereocenters. The first kappa shape index (κ1) is 17.0. The summed E-state index contributed by atoms with van der Waals surface area (Å²) in [5.74, 6) is -0.937. The van der Waals surface area contributed by atoms with Gasteiger partial charge in [-0.1, -0.05) is 12.1 Å². The third-order valence-corrected chi connectivity index (χ3v) is 3.84. The van der Waals surface area contributed by atoms with Crippen molar-refractivity contribution in [3.05, 3.63) is 53.7 Å². The van der Waals surface area contributed by atoms with Crippen molar-refractivity contribution in [2.45, 2.75) is 25.0 Å². The SMILES string of the molecule is CSc1ncccc1C(=O)O[C@H](C)C(=O)Nc1cccc(C)c1. The number of nitrogens with zero attached hydrogens (tertiary/aromatic N) is 1. The van der Waals surface area contributed by atoms with Crippen molar-refractivity contribution < 1.29 is 14.3 Å². The minimum atomic E-state index is -0.905.